The van der Waals surface area contributed by atoms with E-state index in [0.29, 0.717) is 25.0 Å². The molecule has 0 bridgehead atoms. The molecule has 1 aliphatic carbocycles. The monoisotopic (exact) mass is 403 g/mol. The topological polar surface area (TPSA) is 77.4 Å². The van der Waals surface area contributed by atoms with Crippen LogP contribution in [0.3, 0.4) is 0 Å². The van der Waals surface area contributed by atoms with Crippen LogP contribution >= 0.6 is 0 Å². The molecule has 1 aromatic carbocycles. The van der Waals surface area contributed by atoms with Crippen LogP contribution in [0.5, 0.6) is 0 Å². The van der Waals surface area contributed by atoms with Crippen LogP contribution in [-0.4, -0.2) is 54.0 Å². The Morgan fingerprint density at radius 2 is 2.10 bits per heavy atom. The highest BCUT2D eigenvalue weighted by molar-refractivity contribution is 5.95. The second-order valence-electron chi connectivity index (χ2n) is 8.81. The third-order valence-electron chi connectivity index (χ3n) is 5.82. The molecule has 3 rings (SSSR count). The fraction of sp³-hybridized carbons (Fsp3) is 0.652. The molecule has 6 nitrogen and oxygen atoms in total. The molecule has 1 aromatic rings. The van der Waals surface area contributed by atoms with Crippen LogP contribution in [0.15, 0.2) is 29.3 Å². The van der Waals surface area contributed by atoms with Gasteiger partial charge in [0.25, 0.3) is 0 Å². The SMILES string of the molecule is Cc1cccc(C2=NC(COC3CCCC(COC(C)(C)C(=O)O)C3)C(C)O2)c1. The number of carbonyl (C=O) groups is 1. The molecule has 1 aliphatic heterocycles. The smallest absolute Gasteiger partial charge is 0.335 e. The van der Waals surface area contributed by atoms with Gasteiger partial charge >= 0.3 is 5.97 Å². The molecule has 0 spiro atoms. The molecule has 0 radical (unpaired) electrons. The highest BCUT2D eigenvalue weighted by Gasteiger charge is 2.32. The van der Waals surface area contributed by atoms with E-state index in [2.05, 4.69) is 19.1 Å². The van der Waals surface area contributed by atoms with E-state index in [9.17, 15) is 9.90 Å². The lowest BCUT2D eigenvalue weighted by Gasteiger charge is -2.31. The Labute approximate surface area is 173 Å². The van der Waals surface area contributed by atoms with Crippen molar-refractivity contribution >= 4 is 11.9 Å². The molecule has 4 unspecified atom stereocenters. The predicted octanol–water partition coefficient (Wildman–Crippen LogP) is 3.98. The summed E-state index contributed by atoms with van der Waals surface area (Å²) < 4.78 is 17.8. The van der Waals surface area contributed by atoms with Crippen molar-refractivity contribution in [1.82, 2.24) is 0 Å². The molecule has 1 N–H and O–H groups in total. The van der Waals surface area contributed by atoms with Crippen molar-refractivity contribution in [3.8, 4) is 0 Å². The fourth-order valence-electron chi connectivity index (χ4n) is 3.80. The third-order valence-corrected chi connectivity index (χ3v) is 5.82. The van der Waals surface area contributed by atoms with Gasteiger partial charge in [0.1, 0.15) is 12.1 Å². The fourth-order valence-corrected chi connectivity index (χ4v) is 3.80. The van der Waals surface area contributed by atoms with Crippen molar-refractivity contribution in [2.45, 2.75) is 77.2 Å². The Morgan fingerprint density at radius 3 is 2.83 bits per heavy atom. The first-order chi connectivity index (χ1) is 13.7. The number of hydrogen-bond donors (Lipinski definition) is 1. The molecule has 4 atom stereocenters. The summed E-state index contributed by atoms with van der Waals surface area (Å²) in [4.78, 5) is 16.0. The number of benzene rings is 1. The standard InChI is InChI=1S/C23H33NO5/c1-15-7-5-9-18(11-15)21-24-20(16(2)29-21)14-27-19-10-6-8-17(12-19)13-28-23(3,4)22(25)26/h5,7,9,11,16-17,19-20H,6,8,10,12-14H2,1-4H3,(H,25,26). The zero-order chi connectivity index (χ0) is 21.0. The maximum Gasteiger partial charge on any atom is 0.335 e. The average Bonchev–Trinajstić information content (AvgIpc) is 3.06. The van der Waals surface area contributed by atoms with Crippen LogP contribution in [0, 0.1) is 12.8 Å². The average molecular weight is 404 g/mol. The van der Waals surface area contributed by atoms with E-state index < -0.39 is 11.6 Å². The molecule has 0 aromatic heterocycles. The van der Waals surface area contributed by atoms with Gasteiger partial charge in [-0.05, 0) is 65.0 Å². The van der Waals surface area contributed by atoms with Gasteiger partial charge in [0, 0.05) is 5.56 Å². The second kappa shape index (κ2) is 9.26. The number of hydrogen-bond acceptors (Lipinski definition) is 5. The van der Waals surface area contributed by atoms with Crippen molar-refractivity contribution in [3.05, 3.63) is 35.4 Å². The Hall–Kier alpha value is -1.92. The van der Waals surface area contributed by atoms with E-state index in [0.717, 1.165) is 31.2 Å². The number of nitrogens with zero attached hydrogens (tertiary/aromatic N) is 1. The lowest BCUT2D eigenvalue weighted by atomic mass is 9.87. The van der Waals surface area contributed by atoms with Crippen LogP contribution in [0.1, 0.15) is 57.6 Å². The van der Waals surface area contributed by atoms with Crippen LogP contribution in [0.4, 0.5) is 0 Å². The molecule has 2 aliphatic rings. The van der Waals surface area contributed by atoms with Gasteiger partial charge in [0.2, 0.25) is 5.90 Å². The Bertz CT molecular complexity index is 745. The van der Waals surface area contributed by atoms with E-state index >= 15 is 0 Å². The number of aliphatic imine (C=N–C) groups is 1. The Morgan fingerprint density at radius 1 is 1.31 bits per heavy atom. The highest BCUT2D eigenvalue weighted by atomic mass is 16.5. The van der Waals surface area contributed by atoms with Gasteiger partial charge in [-0.25, -0.2) is 9.79 Å². The van der Waals surface area contributed by atoms with Crippen molar-refractivity contribution in [3.63, 3.8) is 0 Å². The molecular weight excluding hydrogens is 370 g/mol. The highest BCUT2D eigenvalue weighted by Crippen LogP contribution is 2.29. The van der Waals surface area contributed by atoms with Gasteiger partial charge in [-0.2, -0.15) is 0 Å². The Balaban J connectivity index is 1.50. The summed E-state index contributed by atoms with van der Waals surface area (Å²) in [6.45, 7) is 8.28. The lowest BCUT2D eigenvalue weighted by Crippen LogP contribution is -2.37. The largest absolute Gasteiger partial charge is 0.479 e. The van der Waals surface area contributed by atoms with Crippen LogP contribution in [-0.2, 0) is 19.0 Å². The number of carboxylic acid groups (broad SMARTS) is 1. The molecular formula is C23H33NO5. The molecule has 6 heteroatoms. The second-order valence-corrected chi connectivity index (χ2v) is 8.81. The molecule has 0 amide bonds. The van der Waals surface area contributed by atoms with Crippen molar-refractivity contribution in [1.29, 1.82) is 0 Å². The maximum atomic E-state index is 11.2. The molecule has 1 fully saturated rings. The van der Waals surface area contributed by atoms with Crippen molar-refractivity contribution < 1.29 is 24.1 Å². The van der Waals surface area contributed by atoms with Crippen molar-refractivity contribution in [2.24, 2.45) is 10.9 Å². The number of ether oxygens (including phenoxy) is 3. The van der Waals surface area contributed by atoms with Gasteiger partial charge in [-0.3, -0.25) is 0 Å². The minimum atomic E-state index is -1.15. The van der Waals surface area contributed by atoms with Gasteiger partial charge in [-0.1, -0.05) is 24.1 Å². The first-order valence-corrected chi connectivity index (χ1v) is 10.5. The minimum absolute atomic E-state index is 0.00641. The molecule has 0 saturated heterocycles. The van der Waals surface area contributed by atoms with Gasteiger partial charge in [0.05, 0.1) is 19.3 Å². The van der Waals surface area contributed by atoms with E-state index in [4.69, 9.17) is 19.2 Å². The summed E-state index contributed by atoms with van der Waals surface area (Å²) in [5, 5.41) is 9.20. The summed E-state index contributed by atoms with van der Waals surface area (Å²) in [5.41, 5.74) is 1.05. The summed E-state index contributed by atoms with van der Waals surface area (Å²) in [5.74, 6) is 0.0928. The first-order valence-electron chi connectivity index (χ1n) is 10.5. The van der Waals surface area contributed by atoms with Gasteiger partial charge in [-0.15, -0.1) is 0 Å². The number of carboxylic acids is 1. The lowest BCUT2D eigenvalue weighted by molar-refractivity contribution is -0.163. The molecule has 1 heterocycles. The zero-order valence-corrected chi connectivity index (χ0v) is 17.9. The number of rotatable bonds is 8. The maximum absolute atomic E-state index is 11.2. The third kappa shape index (κ3) is 5.80. The first kappa shape index (κ1) is 21.8. The van der Waals surface area contributed by atoms with E-state index in [1.54, 1.807) is 13.8 Å². The van der Waals surface area contributed by atoms with E-state index in [1.165, 1.54) is 5.56 Å². The number of aryl methyl sites for hydroxylation is 1. The van der Waals surface area contributed by atoms with Crippen LogP contribution in [0.2, 0.25) is 0 Å². The predicted molar refractivity (Wildman–Crippen MR) is 111 cm³/mol. The van der Waals surface area contributed by atoms with Gasteiger partial charge in [0.15, 0.2) is 5.60 Å². The normalized spacial score (nSPS) is 27.4. The summed E-state index contributed by atoms with van der Waals surface area (Å²) >= 11 is 0. The Kier molecular flexibility index (Phi) is 6.96. The van der Waals surface area contributed by atoms with Crippen LogP contribution in [0.25, 0.3) is 0 Å². The van der Waals surface area contributed by atoms with Gasteiger partial charge < -0.3 is 19.3 Å². The summed E-state index contributed by atoms with van der Waals surface area (Å²) in [6.07, 6.45) is 4.19. The van der Waals surface area contributed by atoms with Crippen molar-refractivity contribution in [2.75, 3.05) is 13.2 Å². The number of aliphatic carboxylic acids is 1. The van der Waals surface area contributed by atoms with E-state index in [-0.39, 0.29) is 18.2 Å². The minimum Gasteiger partial charge on any atom is -0.479 e. The summed E-state index contributed by atoms with van der Waals surface area (Å²) in [6, 6.07) is 8.17. The molecule has 1 saturated carbocycles. The molecule has 29 heavy (non-hydrogen) atoms. The van der Waals surface area contributed by atoms with Crippen LogP contribution < -0.4 is 0 Å². The summed E-state index contributed by atoms with van der Waals surface area (Å²) in [7, 11) is 0. The quantitative estimate of drug-likeness (QED) is 0.710. The van der Waals surface area contributed by atoms with E-state index in [1.807, 2.05) is 19.1 Å². The zero-order valence-electron chi connectivity index (χ0n) is 17.9. The molecule has 160 valence electrons.